The molecule has 0 atom stereocenters. The zero-order valence-electron chi connectivity index (χ0n) is 5.57. The molecule has 0 fully saturated rings. The van der Waals surface area contributed by atoms with Crippen molar-refractivity contribution in [1.82, 2.24) is 4.98 Å². The Bertz CT molecular complexity index is 205. The van der Waals surface area contributed by atoms with Crippen LogP contribution >= 0.6 is 12.4 Å². The number of rotatable bonds is 1. The van der Waals surface area contributed by atoms with E-state index in [1.165, 1.54) is 0 Å². The van der Waals surface area contributed by atoms with Gasteiger partial charge in [-0.25, -0.2) is 0 Å². The molecule has 0 saturated heterocycles. The zero-order chi connectivity index (χ0) is 6.69. The minimum absolute atomic E-state index is 0. The standard InChI is InChI=1S/C6H8N2O.ClH/c1-9-6-2-5(7)3-8-4-6;/h2-4H,7H2,1H3;1H. The van der Waals surface area contributed by atoms with Gasteiger partial charge in [-0.15, -0.1) is 12.4 Å². The number of aromatic nitrogens is 1. The first-order valence-electron chi connectivity index (χ1n) is 2.57. The Labute approximate surface area is 65.6 Å². The molecule has 0 aromatic carbocycles. The molecule has 0 saturated carbocycles. The lowest BCUT2D eigenvalue weighted by molar-refractivity contribution is 0.413. The second-order valence-electron chi connectivity index (χ2n) is 1.66. The molecule has 1 heterocycles. The molecule has 2 N–H and O–H groups in total. The first-order valence-corrected chi connectivity index (χ1v) is 2.57. The molecule has 4 heteroatoms. The second-order valence-corrected chi connectivity index (χ2v) is 1.66. The molecule has 0 bridgehead atoms. The maximum Gasteiger partial charge on any atom is 0.139 e. The van der Waals surface area contributed by atoms with Crippen LogP contribution in [0, 0.1) is 0 Å². The molecule has 0 spiro atoms. The van der Waals surface area contributed by atoms with E-state index in [1.807, 2.05) is 0 Å². The quantitative estimate of drug-likeness (QED) is 0.669. The molecule has 0 radical (unpaired) electrons. The van der Waals surface area contributed by atoms with Gasteiger partial charge in [0, 0.05) is 6.07 Å². The number of halogens is 1. The van der Waals surface area contributed by atoms with Crippen molar-refractivity contribution in [3.05, 3.63) is 18.5 Å². The van der Waals surface area contributed by atoms with Crippen LogP contribution in [0.5, 0.6) is 5.75 Å². The number of hydrogen-bond donors (Lipinski definition) is 1. The lowest BCUT2D eigenvalue weighted by atomic mass is 10.4. The Kier molecular flexibility index (Phi) is 3.57. The third-order valence-corrected chi connectivity index (χ3v) is 0.970. The number of nitrogens with zero attached hydrogens (tertiary/aromatic N) is 1. The van der Waals surface area contributed by atoms with Crippen LogP contribution < -0.4 is 10.5 Å². The molecule has 0 unspecified atom stereocenters. The Hall–Kier alpha value is -0.960. The SMILES string of the molecule is COc1cncc(N)c1.Cl. The van der Waals surface area contributed by atoms with Gasteiger partial charge in [0.25, 0.3) is 0 Å². The number of methoxy groups -OCH3 is 1. The lowest BCUT2D eigenvalue weighted by Gasteiger charge is -1.97. The van der Waals surface area contributed by atoms with Gasteiger partial charge >= 0.3 is 0 Å². The largest absolute Gasteiger partial charge is 0.495 e. The van der Waals surface area contributed by atoms with Gasteiger partial charge in [0.1, 0.15) is 5.75 Å². The fraction of sp³-hybridized carbons (Fsp3) is 0.167. The zero-order valence-corrected chi connectivity index (χ0v) is 6.39. The smallest absolute Gasteiger partial charge is 0.139 e. The van der Waals surface area contributed by atoms with Crippen LogP contribution in [-0.2, 0) is 0 Å². The van der Waals surface area contributed by atoms with Gasteiger partial charge in [-0.05, 0) is 0 Å². The molecule has 1 rings (SSSR count). The van der Waals surface area contributed by atoms with Crippen molar-refractivity contribution in [1.29, 1.82) is 0 Å². The Morgan fingerprint density at radius 2 is 2.20 bits per heavy atom. The van der Waals surface area contributed by atoms with Crippen molar-refractivity contribution in [2.45, 2.75) is 0 Å². The highest BCUT2D eigenvalue weighted by Gasteiger charge is 1.88. The number of hydrogen-bond acceptors (Lipinski definition) is 3. The van der Waals surface area contributed by atoms with E-state index in [4.69, 9.17) is 10.5 Å². The van der Waals surface area contributed by atoms with Gasteiger partial charge in [-0.3, -0.25) is 4.98 Å². The molecular weight excluding hydrogens is 152 g/mol. The molecule has 3 nitrogen and oxygen atoms in total. The van der Waals surface area contributed by atoms with Crippen molar-refractivity contribution in [2.75, 3.05) is 12.8 Å². The highest BCUT2D eigenvalue weighted by molar-refractivity contribution is 5.85. The fourth-order valence-electron chi connectivity index (χ4n) is 0.547. The first-order chi connectivity index (χ1) is 4.33. The van der Waals surface area contributed by atoms with E-state index >= 15 is 0 Å². The second kappa shape index (κ2) is 3.95. The van der Waals surface area contributed by atoms with Gasteiger partial charge in [0.15, 0.2) is 0 Å². The van der Waals surface area contributed by atoms with E-state index in [-0.39, 0.29) is 12.4 Å². The monoisotopic (exact) mass is 160 g/mol. The molecule has 56 valence electrons. The predicted molar refractivity (Wildman–Crippen MR) is 42.4 cm³/mol. The molecule has 0 amide bonds. The summed E-state index contributed by atoms with van der Waals surface area (Å²) in [4.78, 5) is 3.81. The van der Waals surface area contributed by atoms with Crippen molar-refractivity contribution < 1.29 is 4.74 Å². The topological polar surface area (TPSA) is 48.1 Å². The van der Waals surface area contributed by atoms with E-state index in [2.05, 4.69) is 4.98 Å². The van der Waals surface area contributed by atoms with Gasteiger partial charge in [0.05, 0.1) is 25.2 Å². The molecule has 0 aliphatic heterocycles. The van der Waals surface area contributed by atoms with Gasteiger partial charge in [-0.1, -0.05) is 0 Å². The number of nitrogen functional groups attached to an aromatic ring is 1. The average molecular weight is 161 g/mol. The normalized spacial score (nSPS) is 8.10. The summed E-state index contributed by atoms with van der Waals surface area (Å²) in [6.45, 7) is 0. The minimum atomic E-state index is 0. The highest BCUT2D eigenvalue weighted by atomic mass is 35.5. The molecule has 0 aliphatic rings. The minimum Gasteiger partial charge on any atom is -0.495 e. The van der Waals surface area contributed by atoms with E-state index in [0.717, 1.165) is 0 Å². The fourth-order valence-corrected chi connectivity index (χ4v) is 0.547. The van der Waals surface area contributed by atoms with Crippen LogP contribution in [0.25, 0.3) is 0 Å². The highest BCUT2D eigenvalue weighted by Crippen LogP contribution is 2.10. The summed E-state index contributed by atoms with van der Waals surface area (Å²) in [6.07, 6.45) is 3.18. The number of nitrogens with two attached hydrogens (primary N) is 1. The van der Waals surface area contributed by atoms with E-state index in [9.17, 15) is 0 Å². The number of anilines is 1. The third kappa shape index (κ3) is 2.11. The Morgan fingerprint density at radius 3 is 2.60 bits per heavy atom. The summed E-state index contributed by atoms with van der Waals surface area (Å²) in [5.74, 6) is 0.690. The molecule has 1 aromatic rings. The van der Waals surface area contributed by atoms with Crippen LogP contribution in [0.2, 0.25) is 0 Å². The number of pyridine rings is 1. The van der Waals surface area contributed by atoms with Crippen LogP contribution in [0.1, 0.15) is 0 Å². The molecule has 0 aliphatic carbocycles. The summed E-state index contributed by atoms with van der Waals surface area (Å²) in [6, 6.07) is 1.72. The first kappa shape index (κ1) is 9.04. The lowest BCUT2D eigenvalue weighted by Crippen LogP contribution is -1.88. The maximum atomic E-state index is 5.39. The maximum absolute atomic E-state index is 5.39. The summed E-state index contributed by atoms with van der Waals surface area (Å²) in [7, 11) is 1.58. The summed E-state index contributed by atoms with van der Waals surface area (Å²) in [5.41, 5.74) is 6.01. The Morgan fingerprint density at radius 1 is 1.50 bits per heavy atom. The van der Waals surface area contributed by atoms with Crippen molar-refractivity contribution in [2.24, 2.45) is 0 Å². The molecule has 10 heavy (non-hydrogen) atoms. The number of ether oxygens (including phenoxy) is 1. The average Bonchev–Trinajstić information content (AvgIpc) is 1.88. The summed E-state index contributed by atoms with van der Waals surface area (Å²) < 4.78 is 4.85. The van der Waals surface area contributed by atoms with Crippen molar-refractivity contribution in [3.63, 3.8) is 0 Å². The third-order valence-electron chi connectivity index (χ3n) is 0.970. The van der Waals surface area contributed by atoms with Gasteiger partial charge in [0.2, 0.25) is 0 Å². The molecular formula is C6H9ClN2O. The molecule has 1 aromatic heterocycles. The summed E-state index contributed by atoms with van der Waals surface area (Å²) >= 11 is 0. The van der Waals surface area contributed by atoms with Gasteiger partial charge < -0.3 is 10.5 Å². The van der Waals surface area contributed by atoms with Crippen molar-refractivity contribution in [3.8, 4) is 5.75 Å². The predicted octanol–water partition coefficient (Wildman–Crippen LogP) is 1.09. The Balaban J connectivity index is 0.000000810. The van der Waals surface area contributed by atoms with E-state index in [0.29, 0.717) is 11.4 Å². The van der Waals surface area contributed by atoms with Gasteiger partial charge in [-0.2, -0.15) is 0 Å². The van der Waals surface area contributed by atoms with Crippen LogP contribution in [0.3, 0.4) is 0 Å². The van der Waals surface area contributed by atoms with Crippen LogP contribution in [-0.4, -0.2) is 12.1 Å². The van der Waals surface area contributed by atoms with E-state index in [1.54, 1.807) is 25.6 Å². The van der Waals surface area contributed by atoms with Crippen molar-refractivity contribution >= 4 is 18.1 Å². The summed E-state index contributed by atoms with van der Waals surface area (Å²) in [5, 5.41) is 0. The van der Waals surface area contributed by atoms with Crippen LogP contribution in [0.15, 0.2) is 18.5 Å². The van der Waals surface area contributed by atoms with Crippen LogP contribution in [0.4, 0.5) is 5.69 Å². The van der Waals surface area contributed by atoms with E-state index < -0.39 is 0 Å².